The predicted octanol–water partition coefficient (Wildman–Crippen LogP) is 5.69. The highest BCUT2D eigenvalue weighted by molar-refractivity contribution is 6.05. The maximum absolute atomic E-state index is 14.8. The number of nitrogens with one attached hydrogen (secondary N) is 3. The second-order valence-electron chi connectivity index (χ2n) is 10.6. The summed E-state index contributed by atoms with van der Waals surface area (Å²) in [5.74, 6) is 1.38. The number of anilines is 2. The maximum Gasteiger partial charge on any atom is 0.228 e. The van der Waals surface area contributed by atoms with Crippen molar-refractivity contribution in [2.24, 2.45) is 11.8 Å². The molecule has 39 heavy (non-hydrogen) atoms. The lowest BCUT2D eigenvalue weighted by Crippen LogP contribution is -2.42. The van der Waals surface area contributed by atoms with Gasteiger partial charge in [-0.3, -0.25) is 4.79 Å². The minimum Gasteiger partial charge on any atom is -0.437 e. The predicted molar refractivity (Wildman–Crippen MR) is 149 cm³/mol. The number of benzene rings is 2. The number of aryl methyl sites for hydroxylation is 1. The summed E-state index contributed by atoms with van der Waals surface area (Å²) in [6.45, 7) is 6.04. The van der Waals surface area contributed by atoms with E-state index in [1.807, 2.05) is 37.3 Å². The Labute approximate surface area is 226 Å². The van der Waals surface area contributed by atoms with Crippen molar-refractivity contribution >= 4 is 28.3 Å². The van der Waals surface area contributed by atoms with Crippen molar-refractivity contribution in [3.63, 3.8) is 0 Å². The first-order valence-corrected chi connectivity index (χ1v) is 13.4. The number of hydrogen-bond acceptors (Lipinski definition) is 7. The fourth-order valence-electron chi connectivity index (χ4n) is 5.08. The number of hydrogen-bond donors (Lipinski definition) is 3. The number of carbonyl (C=O) groups excluding carboxylic acids is 1. The van der Waals surface area contributed by atoms with E-state index in [9.17, 15) is 9.18 Å². The first kappa shape index (κ1) is 25.2. The quantitative estimate of drug-likeness (QED) is 0.284. The zero-order valence-corrected chi connectivity index (χ0v) is 22.0. The molecule has 2 aliphatic rings. The van der Waals surface area contributed by atoms with Crippen molar-refractivity contribution in [3.05, 3.63) is 66.2 Å². The Morgan fingerprint density at radius 3 is 2.72 bits per heavy atom. The van der Waals surface area contributed by atoms with Gasteiger partial charge in [0.05, 0.1) is 16.9 Å². The van der Waals surface area contributed by atoms with Crippen molar-refractivity contribution < 1.29 is 13.9 Å². The van der Waals surface area contributed by atoms with E-state index < -0.39 is 5.82 Å². The first-order chi connectivity index (χ1) is 19.0. The number of rotatable bonds is 7. The van der Waals surface area contributed by atoms with E-state index >= 15 is 0 Å². The molecule has 2 atom stereocenters. The van der Waals surface area contributed by atoms with Crippen molar-refractivity contribution in [2.45, 2.75) is 39.2 Å². The summed E-state index contributed by atoms with van der Waals surface area (Å²) in [5, 5.41) is 10.9. The number of carbonyl (C=O) groups is 1. The Morgan fingerprint density at radius 2 is 1.90 bits per heavy atom. The van der Waals surface area contributed by atoms with Gasteiger partial charge >= 0.3 is 0 Å². The van der Waals surface area contributed by atoms with Crippen molar-refractivity contribution in [1.29, 1.82) is 0 Å². The molecular formula is C30H31FN6O2. The molecule has 1 amide bonds. The molecule has 3 N–H and O–H groups in total. The Bertz CT molecular complexity index is 1540. The van der Waals surface area contributed by atoms with Crippen LogP contribution in [0.15, 0.2) is 54.9 Å². The van der Waals surface area contributed by atoms with Gasteiger partial charge < -0.3 is 20.7 Å². The zero-order valence-electron chi connectivity index (χ0n) is 22.0. The van der Waals surface area contributed by atoms with E-state index in [0.717, 1.165) is 37.9 Å². The standard InChI is InChI=1S/C30H31FN6O2/c1-17-14-20(16-32-15-17)35-30-34-13-11-25(36-30)23-4-3-12-33-29(23)39-27-18(2)5-8-21-22(27)9-10-24(31)26(21)37-28(38)19-6-7-19/h3-5,8-13,17,19-20,32H,6-7,14-16H2,1-2H3,(H,37,38)(H,34,35,36)/t17-,20+/m1/s1. The lowest BCUT2D eigenvalue weighted by Gasteiger charge is -2.28. The molecule has 0 spiro atoms. The molecule has 1 aliphatic carbocycles. The van der Waals surface area contributed by atoms with Gasteiger partial charge in [-0.05, 0) is 74.5 Å². The highest BCUT2D eigenvalue weighted by Crippen LogP contribution is 2.40. The molecule has 0 bridgehead atoms. The normalized spacial score (nSPS) is 19.1. The van der Waals surface area contributed by atoms with Crippen LogP contribution in [0.2, 0.25) is 0 Å². The molecule has 1 aliphatic heterocycles. The summed E-state index contributed by atoms with van der Waals surface area (Å²) in [4.78, 5) is 26.2. The summed E-state index contributed by atoms with van der Waals surface area (Å²) < 4.78 is 21.3. The average Bonchev–Trinajstić information content (AvgIpc) is 3.78. The molecule has 200 valence electrons. The molecule has 0 unspecified atom stereocenters. The van der Waals surface area contributed by atoms with Crippen molar-refractivity contribution in [1.82, 2.24) is 20.3 Å². The summed E-state index contributed by atoms with van der Waals surface area (Å²) >= 11 is 0. The fraction of sp³-hybridized carbons (Fsp3) is 0.333. The van der Waals surface area contributed by atoms with Crippen LogP contribution in [0.4, 0.5) is 16.0 Å². The minimum atomic E-state index is -0.478. The van der Waals surface area contributed by atoms with Crippen LogP contribution in [0.3, 0.4) is 0 Å². The van der Waals surface area contributed by atoms with E-state index in [-0.39, 0.29) is 23.6 Å². The molecule has 6 rings (SSSR count). The molecule has 3 heterocycles. The number of pyridine rings is 1. The van der Waals surface area contributed by atoms with E-state index in [2.05, 4.69) is 32.8 Å². The lowest BCUT2D eigenvalue weighted by molar-refractivity contribution is -0.117. The van der Waals surface area contributed by atoms with Crippen LogP contribution in [0.25, 0.3) is 22.0 Å². The van der Waals surface area contributed by atoms with Gasteiger partial charge in [-0.15, -0.1) is 0 Å². The largest absolute Gasteiger partial charge is 0.437 e. The van der Waals surface area contributed by atoms with Crippen LogP contribution in [0.5, 0.6) is 11.6 Å². The van der Waals surface area contributed by atoms with Crippen molar-refractivity contribution in [2.75, 3.05) is 23.7 Å². The van der Waals surface area contributed by atoms with Crippen LogP contribution in [0.1, 0.15) is 31.7 Å². The second kappa shape index (κ2) is 10.6. The lowest BCUT2D eigenvalue weighted by atomic mass is 9.98. The Morgan fingerprint density at radius 1 is 1.05 bits per heavy atom. The number of nitrogens with zero attached hydrogens (tertiary/aromatic N) is 3. The van der Waals surface area contributed by atoms with Gasteiger partial charge in [0.2, 0.25) is 17.7 Å². The summed E-state index contributed by atoms with van der Waals surface area (Å²) in [6.07, 6.45) is 6.11. The van der Waals surface area contributed by atoms with E-state index in [4.69, 9.17) is 9.72 Å². The third-order valence-electron chi connectivity index (χ3n) is 7.30. The van der Waals surface area contributed by atoms with Gasteiger partial charge in [0, 0.05) is 41.7 Å². The molecular weight excluding hydrogens is 495 g/mol. The highest BCUT2D eigenvalue weighted by Gasteiger charge is 2.30. The van der Waals surface area contributed by atoms with E-state index in [1.165, 1.54) is 6.07 Å². The Hall–Kier alpha value is -4.11. The van der Waals surface area contributed by atoms with Gasteiger partial charge in [-0.2, -0.15) is 0 Å². The van der Waals surface area contributed by atoms with Gasteiger partial charge in [0.1, 0.15) is 11.6 Å². The van der Waals surface area contributed by atoms with Crippen LogP contribution in [-0.2, 0) is 4.79 Å². The first-order valence-electron chi connectivity index (χ1n) is 13.4. The van der Waals surface area contributed by atoms with Crippen molar-refractivity contribution in [3.8, 4) is 22.9 Å². The molecule has 2 aromatic carbocycles. The number of ether oxygens (including phenoxy) is 1. The summed E-state index contributed by atoms with van der Waals surface area (Å²) in [6, 6.07) is 12.5. The van der Waals surface area contributed by atoms with Gasteiger partial charge in [0.25, 0.3) is 0 Å². The van der Waals surface area contributed by atoms with Crippen LogP contribution in [-0.4, -0.2) is 40.0 Å². The van der Waals surface area contributed by atoms with Gasteiger partial charge in [-0.1, -0.05) is 19.1 Å². The molecule has 8 nitrogen and oxygen atoms in total. The molecule has 2 aromatic heterocycles. The topological polar surface area (TPSA) is 101 Å². The van der Waals surface area contributed by atoms with Crippen LogP contribution in [0, 0.1) is 24.6 Å². The Balaban J connectivity index is 1.33. The zero-order chi connectivity index (χ0) is 26.9. The summed E-state index contributed by atoms with van der Waals surface area (Å²) in [5.41, 5.74) is 2.41. The van der Waals surface area contributed by atoms with E-state index in [0.29, 0.717) is 45.5 Å². The molecule has 2 fully saturated rings. The van der Waals surface area contributed by atoms with Crippen LogP contribution >= 0.6 is 0 Å². The number of fused-ring (bicyclic) bond motifs is 1. The fourth-order valence-corrected chi connectivity index (χ4v) is 5.08. The van der Waals surface area contributed by atoms with Gasteiger partial charge in [-0.25, -0.2) is 19.3 Å². The molecule has 1 saturated heterocycles. The number of aromatic nitrogens is 3. The minimum absolute atomic E-state index is 0.0399. The molecule has 4 aromatic rings. The summed E-state index contributed by atoms with van der Waals surface area (Å²) in [7, 11) is 0. The number of halogens is 1. The maximum atomic E-state index is 14.8. The second-order valence-corrected chi connectivity index (χ2v) is 10.6. The van der Waals surface area contributed by atoms with Crippen LogP contribution < -0.4 is 20.7 Å². The highest BCUT2D eigenvalue weighted by atomic mass is 19.1. The SMILES string of the molecule is Cc1ccc2c(NC(=O)C3CC3)c(F)ccc2c1Oc1ncccc1-c1ccnc(N[C@@H]2CNC[C@H](C)C2)n1. The number of amides is 1. The number of piperidine rings is 1. The van der Waals surface area contributed by atoms with E-state index in [1.54, 1.807) is 18.5 Å². The molecule has 1 saturated carbocycles. The molecule has 0 radical (unpaired) electrons. The third-order valence-corrected chi connectivity index (χ3v) is 7.30. The van der Waals surface area contributed by atoms with Gasteiger partial charge in [0.15, 0.2) is 0 Å². The molecule has 9 heteroatoms. The smallest absolute Gasteiger partial charge is 0.228 e. The Kier molecular flexibility index (Phi) is 6.83. The monoisotopic (exact) mass is 526 g/mol. The average molecular weight is 527 g/mol. The third kappa shape index (κ3) is 5.40.